The molecule has 0 radical (unpaired) electrons. The molecule has 8 nitrogen and oxygen atoms in total. The fourth-order valence-electron chi connectivity index (χ4n) is 3.97. The predicted molar refractivity (Wildman–Crippen MR) is 142 cm³/mol. The SMILES string of the molecule is N#C/C(=C\c1cc(Cl)c(OCc2cccc([N+](=O)[O-])c2)c(Cl)c1)C(=O)Nc1sc2c(c1C#N)CCCC2. The van der Waals surface area contributed by atoms with Gasteiger partial charge in [-0.15, -0.1) is 11.3 Å². The first kappa shape index (κ1) is 26.2. The highest BCUT2D eigenvalue weighted by Crippen LogP contribution is 2.38. The molecule has 0 fully saturated rings. The molecular weight excluding hydrogens is 535 g/mol. The minimum atomic E-state index is -0.643. The third-order valence-corrected chi connectivity index (χ3v) is 7.48. The van der Waals surface area contributed by atoms with E-state index in [1.54, 1.807) is 12.1 Å². The van der Waals surface area contributed by atoms with E-state index in [1.165, 1.54) is 41.7 Å². The lowest BCUT2D eigenvalue weighted by molar-refractivity contribution is -0.384. The number of ether oxygens (including phenoxy) is 1. The van der Waals surface area contributed by atoms with Gasteiger partial charge in [0.1, 0.15) is 29.3 Å². The lowest BCUT2D eigenvalue weighted by atomic mass is 9.96. The van der Waals surface area contributed by atoms with Gasteiger partial charge in [0, 0.05) is 17.0 Å². The van der Waals surface area contributed by atoms with Gasteiger partial charge in [0.05, 0.1) is 20.5 Å². The number of carbonyl (C=O) groups is 1. The highest BCUT2D eigenvalue weighted by atomic mass is 35.5. The van der Waals surface area contributed by atoms with Crippen LogP contribution in [-0.4, -0.2) is 10.8 Å². The molecule has 0 saturated carbocycles. The molecule has 0 unspecified atom stereocenters. The highest BCUT2D eigenvalue weighted by Gasteiger charge is 2.23. The number of carbonyl (C=O) groups excluding carboxylic acids is 1. The Kier molecular flexibility index (Phi) is 8.10. The first-order chi connectivity index (χ1) is 17.8. The Morgan fingerprint density at radius 3 is 2.59 bits per heavy atom. The molecule has 186 valence electrons. The molecule has 4 rings (SSSR count). The van der Waals surface area contributed by atoms with Crippen LogP contribution in [0.15, 0.2) is 42.0 Å². The van der Waals surface area contributed by atoms with E-state index in [9.17, 15) is 25.4 Å². The molecule has 1 amide bonds. The number of non-ortho nitro benzene ring substituents is 1. The highest BCUT2D eigenvalue weighted by molar-refractivity contribution is 7.16. The summed E-state index contributed by atoms with van der Waals surface area (Å²) >= 11 is 14.1. The average Bonchev–Trinajstić information content (AvgIpc) is 3.23. The quantitative estimate of drug-likeness (QED) is 0.148. The van der Waals surface area contributed by atoms with Crippen LogP contribution in [0.3, 0.4) is 0 Å². The largest absolute Gasteiger partial charge is 0.486 e. The Hall–Kier alpha value is -3.89. The van der Waals surface area contributed by atoms with Gasteiger partial charge in [-0.2, -0.15) is 10.5 Å². The Balaban J connectivity index is 1.52. The molecule has 2 aromatic carbocycles. The maximum atomic E-state index is 12.9. The smallest absolute Gasteiger partial charge is 0.269 e. The van der Waals surface area contributed by atoms with Crippen molar-refractivity contribution in [3.05, 3.63) is 89.3 Å². The van der Waals surface area contributed by atoms with Crippen molar-refractivity contribution in [3.8, 4) is 17.9 Å². The lowest BCUT2D eigenvalue weighted by Crippen LogP contribution is -2.13. The predicted octanol–water partition coefficient (Wildman–Crippen LogP) is 6.84. The number of nitriles is 2. The van der Waals surface area contributed by atoms with Crippen molar-refractivity contribution in [2.24, 2.45) is 0 Å². The van der Waals surface area contributed by atoms with Crippen molar-refractivity contribution in [1.82, 2.24) is 0 Å². The minimum Gasteiger partial charge on any atom is -0.486 e. The molecule has 1 aliphatic rings. The van der Waals surface area contributed by atoms with Crippen LogP contribution in [-0.2, 0) is 24.2 Å². The number of nitrogens with zero attached hydrogens (tertiary/aromatic N) is 3. The summed E-state index contributed by atoms with van der Waals surface area (Å²) < 4.78 is 5.69. The molecule has 0 spiro atoms. The zero-order chi connectivity index (χ0) is 26.5. The van der Waals surface area contributed by atoms with Gasteiger partial charge in [-0.3, -0.25) is 14.9 Å². The second-order valence-electron chi connectivity index (χ2n) is 8.18. The summed E-state index contributed by atoms with van der Waals surface area (Å²) in [4.78, 5) is 24.4. The van der Waals surface area contributed by atoms with Gasteiger partial charge in [-0.25, -0.2) is 0 Å². The summed E-state index contributed by atoms with van der Waals surface area (Å²) in [5.41, 5.74) is 2.15. The molecule has 1 aliphatic carbocycles. The molecule has 1 heterocycles. The average molecular weight is 553 g/mol. The first-order valence-electron chi connectivity index (χ1n) is 11.1. The number of fused-ring (bicyclic) bond motifs is 1. The summed E-state index contributed by atoms with van der Waals surface area (Å²) in [6, 6.07) is 13.0. The number of rotatable bonds is 7. The van der Waals surface area contributed by atoms with Crippen LogP contribution < -0.4 is 10.1 Å². The van der Waals surface area contributed by atoms with Gasteiger partial charge in [-0.05, 0) is 60.6 Å². The number of nitrogens with one attached hydrogen (secondary N) is 1. The molecular formula is C26H18Cl2N4O4S. The summed E-state index contributed by atoms with van der Waals surface area (Å²) in [6.45, 7) is -0.00578. The molecule has 1 N–H and O–H groups in total. The monoisotopic (exact) mass is 552 g/mol. The third kappa shape index (κ3) is 5.92. The summed E-state index contributed by atoms with van der Waals surface area (Å²) in [5, 5.41) is 33.6. The van der Waals surface area contributed by atoms with E-state index in [0.29, 0.717) is 21.7 Å². The van der Waals surface area contributed by atoms with Crippen molar-refractivity contribution in [2.75, 3.05) is 5.32 Å². The number of anilines is 1. The van der Waals surface area contributed by atoms with Crippen molar-refractivity contribution >= 4 is 57.2 Å². The standard InChI is InChI=1S/C26H18Cl2N4O4S/c27-21-10-16(11-22(28)24(21)36-14-15-4-3-5-18(9-15)32(34)35)8-17(12-29)25(33)31-26-20(13-30)19-6-1-2-7-23(19)37-26/h3-5,8-11H,1-2,6-7,14H2,(H,31,33)/b17-8+. The lowest BCUT2D eigenvalue weighted by Gasteiger charge is -2.11. The van der Waals surface area contributed by atoms with Gasteiger partial charge in [0.2, 0.25) is 0 Å². The third-order valence-electron chi connectivity index (χ3n) is 5.71. The molecule has 0 atom stereocenters. The van der Waals surface area contributed by atoms with Crippen LogP contribution in [0.1, 0.15) is 40.0 Å². The van der Waals surface area contributed by atoms with Gasteiger partial charge >= 0.3 is 0 Å². The number of amides is 1. The Bertz CT molecular complexity index is 1490. The van der Waals surface area contributed by atoms with E-state index in [-0.39, 0.29) is 33.7 Å². The number of benzene rings is 2. The second-order valence-corrected chi connectivity index (χ2v) is 10.1. The first-order valence-corrected chi connectivity index (χ1v) is 12.7. The second kappa shape index (κ2) is 11.4. The molecule has 3 aromatic rings. The number of nitro groups is 1. The molecule has 1 aromatic heterocycles. The topological polar surface area (TPSA) is 129 Å². The van der Waals surface area contributed by atoms with Crippen molar-refractivity contribution in [1.29, 1.82) is 10.5 Å². The van der Waals surface area contributed by atoms with E-state index in [1.807, 2.05) is 6.07 Å². The fraction of sp³-hybridized carbons (Fsp3) is 0.192. The zero-order valence-electron chi connectivity index (χ0n) is 19.2. The summed E-state index contributed by atoms with van der Waals surface area (Å²) in [5.74, 6) is -0.478. The number of hydrogen-bond donors (Lipinski definition) is 1. The van der Waals surface area contributed by atoms with Crippen molar-refractivity contribution in [2.45, 2.75) is 32.3 Å². The van der Waals surface area contributed by atoms with Gasteiger partial charge < -0.3 is 10.1 Å². The molecule has 11 heteroatoms. The number of halogens is 2. The van der Waals surface area contributed by atoms with Crippen LogP contribution in [0.2, 0.25) is 10.0 Å². The number of hydrogen-bond acceptors (Lipinski definition) is 7. The fourth-order valence-corrected chi connectivity index (χ4v) is 5.82. The minimum absolute atomic E-state index is 0.00578. The van der Waals surface area contributed by atoms with Gasteiger partial charge in [-0.1, -0.05) is 35.3 Å². The molecule has 0 saturated heterocycles. The summed E-state index contributed by atoms with van der Waals surface area (Å²) in [6.07, 6.45) is 5.07. The molecule has 37 heavy (non-hydrogen) atoms. The van der Waals surface area contributed by atoms with E-state index in [0.717, 1.165) is 36.1 Å². The molecule has 0 bridgehead atoms. The Morgan fingerprint density at radius 2 is 1.92 bits per heavy atom. The van der Waals surface area contributed by atoms with E-state index in [4.69, 9.17) is 27.9 Å². The zero-order valence-corrected chi connectivity index (χ0v) is 21.5. The van der Waals surface area contributed by atoms with Crippen LogP contribution >= 0.6 is 34.5 Å². The number of nitro benzene ring substituents is 1. The molecule has 0 aliphatic heterocycles. The van der Waals surface area contributed by atoms with E-state index in [2.05, 4.69) is 11.4 Å². The van der Waals surface area contributed by atoms with Gasteiger partial charge in [0.15, 0.2) is 5.75 Å². The summed E-state index contributed by atoms with van der Waals surface area (Å²) in [7, 11) is 0. The van der Waals surface area contributed by atoms with Crippen molar-refractivity contribution < 1.29 is 14.5 Å². The van der Waals surface area contributed by atoms with Crippen molar-refractivity contribution in [3.63, 3.8) is 0 Å². The van der Waals surface area contributed by atoms with Crippen LogP contribution in [0.5, 0.6) is 5.75 Å². The normalized spacial score (nSPS) is 12.7. The van der Waals surface area contributed by atoms with E-state index < -0.39 is 10.8 Å². The van der Waals surface area contributed by atoms with Gasteiger partial charge in [0.25, 0.3) is 11.6 Å². The van der Waals surface area contributed by atoms with Crippen LogP contribution in [0, 0.1) is 32.8 Å². The van der Waals surface area contributed by atoms with Crippen LogP contribution in [0.4, 0.5) is 10.7 Å². The Labute approximate surface area is 226 Å². The Morgan fingerprint density at radius 1 is 1.19 bits per heavy atom. The van der Waals surface area contributed by atoms with Crippen LogP contribution in [0.25, 0.3) is 6.08 Å². The maximum absolute atomic E-state index is 12.9. The number of thiophene rings is 1. The van der Waals surface area contributed by atoms with E-state index >= 15 is 0 Å². The number of aryl methyl sites for hydroxylation is 1. The maximum Gasteiger partial charge on any atom is 0.269 e.